The summed E-state index contributed by atoms with van der Waals surface area (Å²) in [5.41, 5.74) is 1.17. The molecule has 1 N–H and O–H groups in total. The quantitative estimate of drug-likeness (QED) is 0.633. The van der Waals surface area contributed by atoms with Gasteiger partial charge in [-0.05, 0) is 49.4 Å². The number of hydrogen-bond donors (Lipinski definition) is 1. The van der Waals surface area contributed by atoms with E-state index < -0.39 is 0 Å². The number of carbonyl (C=O) groups is 2. The van der Waals surface area contributed by atoms with E-state index in [2.05, 4.69) is 34.1 Å². The van der Waals surface area contributed by atoms with Gasteiger partial charge in [-0.2, -0.15) is 0 Å². The van der Waals surface area contributed by atoms with E-state index in [-0.39, 0.29) is 23.9 Å². The average molecular weight is 422 g/mol. The lowest BCUT2D eigenvalue weighted by molar-refractivity contribution is -0.117. The predicted molar refractivity (Wildman–Crippen MR) is 117 cm³/mol. The molecule has 0 unspecified atom stereocenters. The maximum atomic E-state index is 12.8. The summed E-state index contributed by atoms with van der Waals surface area (Å²) in [6.45, 7) is 7.39. The van der Waals surface area contributed by atoms with Gasteiger partial charge in [0.15, 0.2) is 11.6 Å². The van der Waals surface area contributed by atoms with Gasteiger partial charge in [-0.3, -0.25) is 9.59 Å². The zero-order valence-corrected chi connectivity index (χ0v) is 17.9. The third kappa shape index (κ3) is 4.35. The molecule has 1 saturated heterocycles. The zero-order chi connectivity index (χ0) is 22.1. The highest BCUT2D eigenvalue weighted by Gasteiger charge is 2.25. The summed E-state index contributed by atoms with van der Waals surface area (Å²) < 4.78 is 2.58. The Morgan fingerprint density at radius 1 is 1.13 bits per heavy atom. The van der Waals surface area contributed by atoms with Gasteiger partial charge in [-0.25, -0.2) is 18.9 Å². The van der Waals surface area contributed by atoms with Crippen LogP contribution in [0.4, 0.5) is 11.5 Å². The van der Waals surface area contributed by atoms with E-state index in [1.165, 1.54) is 11.3 Å². The predicted octanol–water partition coefficient (Wildman–Crippen LogP) is 2.21. The molecule has 9 heteroatoms. The van der Waals surface area contributed by atoms with Crippen LogP contribution in [0.2, 0.25) is 0 Å². The molecule has 0 radical (unpaired) electrons. The molecule has 4 rings (SSSR count). The van der Waals surface area contributed by atoms with Gasteiger partial charge in [-0.1, -0.05) is 13.8 Å². The molecule has 0 aliphatic carbocycles. The molecule has 1 amide bonds. The largest absolute Gasteiger partial charge is 0.353 e. The highest BCUT2D eigenvalue weighted by molar-refractivity contribution is 5.95. The summed E-state index contributed by atoms with van der Waals surface area (Å²) in [6, 6.07) is 6.60. The molecule has 1 aromatic carbocycles. The Labute approximate surface area is 179 Å². The molecular weight excluding hydrogens is 396 g/mol. The number of piperidine rings is 1. The van der Waals surface area contributed by atoms with Gasteiger partial charge in [0.05, 0.1) is 0 Å². The molecule has 3 aromatic rings. The molecule has 1 aliphatic heterocycles. The topological polar surface area (TPSA) is 102 Å². The lowest BCUT2D eigenvalue weighted by Crippen LogP contribution is -2.39. The minimum atomic E-state index is -0.390. The highest BCUT2D eigenvalue weighted by atomic mass is 16.2. The number of nitrogens with zero attached hydrogens (tertiary/aromatic N) is 5. The summed E-state index contributed by atoms with van der Waals surface area (Å²) >= 11 is 0. The number of benzene rings is 1. The van der Waals surface area contributed by atoms with Crippen LogP contribution in [0.1, 0.15) is 37.6 Å². The number of rotatable bonds is 5. The smallest absolute Gasteiger partial charge is 0.350 e. The number of hydrogen-bond acceptors (Lipinski definition) is 6. The number of carbonyl (C=O) groups excluding carboxylic acids is 2. The van der Waals surface area contributed by atoms with Gasteiger partial charge in [0.25, 0.3) is 0 Å². The van der Waals surface area contributed by atoms with E-state index in [0.717, 1.165) is 24.2 Å². The number of Topliss-reactive ketones (excluding diaryl/α,β-unsaturated/α-hetero) is 1. The standard InChI is InChI=1S/C22H26N6O3/c1-14-10-15(2)12-26(11-14)20-21-25-28(22(31)27(21)9-8-23-20)13-19(30)24-18-6-4-17(5-7-18)16(3)29/h4-9,14-15H,10-13H2,1-3H3,(H,24,30)/t14-,15-/m1/s1. The molecule has 2 atom stereocenters. The third-order valence-corrected chi connectivity index (χ3v) is 5.52. The first-order valence-corrected chi connectivity index (χ1v) is 10.4. The van der Waals surface area contributed by atoms with E-state index in [0.29, 0.717) is 34.6 Å². The normalized spacial score (nSPS) is 18.9. The van der Waals surface area contributed by atoms with E-state index in [1.807, 2.05) is 0 Å². The summed E-state index contributed by atoms with van der Waals surface area (Å²) in [6.07, 6.45) is 4.32. The van der Waals surface area contributed by atoms with Gasteiger partial charge in [0.1, 0.15) is 6.54 Å². The average Bonchev–Trinajstić information content (AvgIpc) is 3.03. The monoisotopic (exact) mass is 422 g/mol. The maximum absolute atomic E-state index is 12.8. The highest BCUT2D eigenvalue weighted by Crippen LogP contribution is 2.26. The Hall–Kier alpha value is -3.49. The molecule has 0 spiro atoms. The second-order valence-electron chi connectivity index (χ2n) is 8.42. The number of aromatic nitrogens is 4. The maximum Gasteiger partial charge on any atom is 0.350 e. The SMILES string of the molecule is CC(=O)c1ccc(NC(=O)Cn2nc3c(N4C[C@H](C)C[C@@H](C)C4)nccn3c2=O)cc1. The number of ketones is 1. The van der Waals surface area contributed by atoms with Crippen molar-refractivity contribution in [3.63, 3.8) is 0 Å². The summed E-state index contributed by atoms with van der Waals surface area (Å²) in [4.78, 5) is 43.3. The van der Waals surface area contributed by atoms with E-state index in [4.69, 9.17) is 0 Å². The first-order valence-electron chi connectivity index (χ1n) is 10.4. The molecule has 3 heterocycles. The summed E-state index contributed by atoms with van der Waals surface area (Å²) in [7, 11) is 0. The molecule has 2 aromatic heterocycles. The van der Waals surface area contributed by atoms with Gasteiger partial charge < -0.3 is 10.2 Å². The first kappa shape index (κ1) is 20.8. The summed E-state index contributed by atoms with van der Waals surface area (Å²) in [5.74, 6) is 1.29. The molecule has 1 fully saturated rings. The molecule has 0 saturated carbocycles. The van der Waals surface area contributed by atoms with Crippen molar-refractivity contribution < 1.29 is 9.59 Å². The second kappa shape index (κ2) is 8.33. The number of nitrogens with one attached hydrogen (secondary N) is 1. The van der Waals surface area contributed by atoms with Gasteiger partial charge >= 0.3 is 5.69 Å². The van der Waals surface area contributed by atoms with Gasteiger partial charge in [0, 0.05) is 36.7 Å². The van der Waals surface area contributed by atoms with E-state index in [9.17, 15) is 14.4 Å². The molecular formula is C22H26N6O3. The molecule has 31 heavy (non-hydrogen) atoms. The van der Waals surface area contributed by atoms with Crippen molar-refractivity contribution in [1.82, 2.24) is 19.2 Å². The van der Waals surface area contributed by atoms with Gasteiger partial charge in [-0.15, -0.1) is 5.10 Å². The Bertz CT molecular complexity index is 1170. The third-order valence-electron chi connectivity index (χ3n) is 5.52. The lowest BCUT2D eigenvalue weighted by Gasteiger charge is -2.35. The molecule has 1 aliphatic rings. The van der Waals surface area contributed by atoms with Crippen molar-refractivity contribution in [2.45, 2.75) is 33.7 Å². The Kier molecular flexibility index (Phi) is 5.58. The number of anilines is 2. The van der Waals surface area contributed by atoms with Crippen LogP contribution in [-0.4, -0.2) is 43.9 Å². The van der Waals surface area contributed by atoms with Crippen molar-refractivity contribution in [3.8, 4) is 0 Å². The van der Waals surface area contributed by atoms with E-state index in [1.54, 1.807) is 36.7 Å². The van der Waals surface area contributed by atoms with Crippen LogP contribution in [0.25, 0.3) is 5.65 Å². The van der Waals surface area contributed by atoms with Crippen molar-refractivity contribution in [1.29, 1.82) is 0 Å². The Morgan fingerprint density at radius 2 is 1.81 bits per heavy atom. The van der Waals surface area contributed by atoms with Crippen LogP contribution in [-0.2, 0) is 11.3 Å². The van der Waals surface area contributed by atoms with Crippen LogP contribution in [0.3, 0.4) is 0 Å². The minimum Gasteiger partial charge on any atom is -0.353 e. The van der Waals surface area contributed by atoms with Crippen molar-refractivity contribution in [2.24, 2.45) is 11.8 Å². The lowest BCUT2D eigenvalue weighted by atomic mass is 9.92. The minimum absolute atomic E-state index is 0.0453. The fraction of sp³-hybridized carbons (Fsp3) is 0.409. The fourth-order valence-electron chi connectivity index (χ4n) is 4.22. The zero-order valence-electron chi connectivity index (χ0n) is 17.9. The van der Waals surface area contributed by atoms with Crippen LogP contribution >= 0.6 is 0 Å². The summed E-state index contributed by atoms with van der Waals surface area (Å²) in [5, 5.41) is 7.15. The van der Waals surface area contributed by atoms with Gasteiger partial charge in [0.2, 0.25) is 11.6 Å². The van der Waals surface area contributed by atoms with Crippen molar-refractivity contribution in [2.75, 3.05) is 23.3 Å². The van der Waals surface area contributed by atoms with E-state index >= 15 is 0 Å². The second-order valence-corrected chi connectivity index (χ2v) is 8.42. The fourth-order valence-corrected chi connectivity index (χ4v) is 4.22. The molecule has 162 valence electrons. The number of amides is 1. The van der Waals surface area contributed by atoms with Crippen LogP contribution in [0.15, 0.2) is 41.5 Å². The number of fused-ring (bicyclic) bond motifs is 1. The van der Waals surface area contributed by atoms with Crippen molar-refractivity contribution in [3.05, 3.63) is 52.7 Å². The van der Waals surface area contributed by atoms with Crippen molar-refractivity contribution >= 4 is 28.8 Å². The van der Waals surface area contributed by atoms with Crippen LogP contribution < -0.4 is 15.9 Å². The van der Waals surface area contributed by atoms with Crippen LogP contribution in [0, 0.1) is 11.8 Å². The van der Waals surface area contributed by atoms with Crippen LogP contribution in [0.5, 0.6) is 0 Å². The first-order chi connectivity index (χ1) is 14.8. The Morgan fingerprint density at radius 3 is 2.45 bits per heavy atom. The molecule has 0 bridgehead atoms. The Balaban J connectivity index is 1.56. The molecule has 9 nitrogen and oxygen atoms in total.